The topological polar surface area (TPSA) is 132 Å². The second-order valence-corrected chi connectivity index (χ2v) is 18.0. The van der Waals surface area contributed by atoms with Crippen LogP contribution in [0.1, 0.15) is 139 Å². The number of hydrogen-bond acceptors (Lipinski definition) is 10. The molecular weight excluding hydrogens is 771 g/mol. The lowest BCUT2D eigenvalue weighted by atomic mass is 9.55. The van der Waals surface area contributed by atoms with Gasteiger partial charge in [0.2, 0.25) is 18.0 Å². The molecule has 2 aromatic rings. The smallest absolute Gasteiger partial charge is 0.239 e. The van der Waals surface area contributed by atoms with Crippen LogP contribution in [0, 0.1) is 30.6 Å². The zero-order chi connectivity index (χ0) is 42.6. The molecule has 1 aromatic carbocycles. The van der Waals surface area contributed by atoms with Crippen LogP contribution >= 0.6 is 0 Å². The maximum atomic E-state index is 14.8. The molecule has 11 heteroatoms. The van der Waals surface area contributed by atoms with Gasteiger partial charge in [0.15, 0.2) is 0 Å². The van der Waals surface area contributed by atoms with Crippen molar-refractivity contribution in [2.75, 3.05) is 33.0 Å². The van der Waals surface area contributed by atoms with Gasteiger partial charge in [-0.05, 0) is 112 Å². The fraction of sp³-hybridized carbons (Fsp3) is 0.660. The Hall–Kier alpha value is -3.77. The molecular formula is C50H71N3O8. The van der Waals surface area contributed by atoms with Crippen molar-refractivity contribution in [3.8, 4) is 11.5 Å². The summed E-state index contributed by atoms with van der Waals surface area (Å²) in [5.41, 5.74) is 4.67. The van der Waals surface area contributed by atoms with Gasteiger partial charge in [-0.25, -0.2) is 0 Å². The Kier molecular flexibility index (Phi) is 16.3. The third-order valence-corrected chi connectivity index (χ3v) is 13.8. The Bertz CT molecular complexity index is 1800. The van der Waals surface area contributed by atoms with E-state index >= 15 is 0 Å². The molecule has 5 aliphatic rings. The van der Waals surface area contributed by atoms with Crippen LogP contribution in [0.2, 0.25) is 0 Å². The van der Waals surface area contributed by atoms with Gasteiger partial charge in [0.05, 0.1) is 30.5 Å². The number of carbonyl (C=O) groups is 1. The zero-order valence-electron chi connectivity index (χ0n) is 36.8. The molecule has 1 amide bonds. The van der Waals surface area contributed by atoms with E-state index in [4.69, 9.17) is 28.9 Å². The number of benzene rings is 1. The van der Waals surface area contributed by atoms with Crippen LogP contribution in [0.4, 0.5) is 0 Å². The van der Waals surface area contributed by atoms with E-state index in [1.54, 1.807) is 6.08 Å². The summed E-state index contributed by atoms with van der Waals surface area (Å²) in [6.45, 7) is 10.2. The third-order valence-electron chi connectivity index (χ3n) is 13.8. The van der Waals surface area contributed by atoms with E-state index < -0.39 is 18.1 Å². The lowest BCUT2D eigenvalue weighted by molar-refractivity contribution is -0.257. The Morgan fingerprint density at radius 1 is 1.03 bits per heavy atom. The van der Waals surface area contributed by atoms with Crippen molar-refractivity contribution in [3.63, 3.8) is 0 Å². The molecule has 1 saturated heterocycles. The maximum absolute atomic E-state index is 14.8. The molecule has 0 spiro atoms. The summed E-state index contributed by atoms with van der Waals surface area (Å²) < 4.78 is 27.1. The molecule has 3 heterocycles. The highest BCUT2D eigenvalue weighted by molar-refractivity contribution is 6.03. The number of aryl methyl sites for hydroxylation is 1. The van der Waals surface area contributed by atoms with Gasteiger partial charge in [0, 0.05) is 56.2 Å². The number of oxime groups is 1. The number of aliphatic hydroxyl groups is 2. The molecule has 0 radical (unpaired) electrons. The first-order valence-corrected chi connectivity index (χ1v) is 23.6. The molecule has 7 rings (SSSR count). The molecule has 1 aromatic heterocycles. The van der Waals surface area contributed by atoms with Crippen LogP contribution in [-0.2, 0) is 25.7 Å². The number of hydrogen-bond donors (Lipinski definition) is 2. The van der Waals surface area contributed by atoms with E-state index in [-0.39, 0.29) is 49.4 Å². The quantitative estimate of drug-likeness (QED) is 0.0677. The van der Waals surface area contributed by atoms with Crippen molar-refractivity contribution < 1.29 is 38.8 Å². The number of ether oxygens (including phenoxy) is 4. The number of nitrogens with zero attached hydrogens (tertiary/aromatic N) is 3. The highest BCUT2D eigenvalue weighted by Gasteiger charge is 2.65. The number of aliphatic hydroxyl groups excluding tert-OH is 2. The van der Waals surface area contributed by atoms with Gasteiger partial charge in [-0.3, -0.25) is 9.78 Å². The van der Waals surface area contributed by atoms with Crippen LogP contribution < -0.4 is 9.47 Å². The van der Waals surface area contributed by atoms with E-state index in [1.807, 2.05) is 37.3 Å². The normalized spacial score (nSPS) is 27.7. The Labute approximate surface area is 363 Å². The predicted molar refractivity (Wildman–Crippen MR) is 236 cm³/mol. The molecule has 1 unspecified atom stereocenters. The molecule has 11 nitrogen and oxygen atoms in total. The van der Waals surface area contributed by atoms with Crippen LogP contribution in [0.15, 0.2) is 65.9 Å². The summed E-state index contributed by atoms with van der Waals surface area (Å²) >= 11 is 0. The molecule has 7 atom stereocenters. The van der Waals surface area contributed by atoms with Crippen molar-refractivity contribution in [2.45, 2.75) is 154 Å². The van der Waals surface area contributed by atoms with E-state index in [0.29, 0.717) is 51.4 Å². The number of unbranched alkanes of at least 4 members (excludes halogenated alkanes) is 2. The average molecular weight is 842 g/mol. The van der Waals surface area contributed by atoms with Crippen molar-refractivity contribution in [1.29, 1.82) is 0 Å². The summed E-state index contributed by atoms with van der Waals surface area (Å²) in [4.78, 5) is 27.9. The van der Waals surface area contributed by atoms with Crippen molar-refractivity contribution in [2.24, 2.45) is 28.8 Å². The fourth-order valence-electron chi connectivity index (χ4n) is 11.0. The number of pyridine rings is 1. The second-order valence-electron chi connectivity index (χ2n) is 18.0. The fourth-order valence-corrected chi connectivity index (χ4v) is 11.0. The first-order valence-electron chi connectivity index (χ1n) is 23.6. The minimum atomic E-state index is -1.27. The van der Waals surface area contributed by atoms with E-state index in [2.05, 4.69) is 35.5 Å². The van der Waals surface area contributed by atoms with Crippen LogP contribution in [0.25, 0.3) is 0 Å². The van der Waals surface area contributed by atoms with Crippen LogP contribution in [0.5, 0.6) is 11.5 Å². The highest BCUT2D eigenvalue weighted by Crippen LogP contribution is 2.62. The number of fused-ring (bicyclic) bond motifs is 2. The minimum Gasteiger partial charge on any atom is -0.487 e. The molecule has 334 valence electrons. The minimum absolute atomic E-state index is 0.122. The lowest BCUT2D eigenvalue weighted by Gasteiger charge is -2.60. The van der Waals surface area contributed by atoms with E-state index in [0.717, 1.165) is 97.5 Å². The van der Waals surface area contributed by atoms with Gasteiger partial charge >= 0.3 is 0 Å². The average Bonchev–Trinajstić information content (AvgIpc) is 3.81. The lowest BCUT2D eigenvalue weighted by Crippen LogP contribution is -2.70. The SMILES string of the molecule is C=CCO[C@@]12Oc3ccc(OCc4cccc(C)n4)cc3[C@H]3[C@H](CCCCO)[C@@H](CCCCO)C=C(C(=NOC4CCCCO4)C[C@@H]1N(CCC)C(=O)CCC1CCCC1)[C@H]32. The van der Waals surface area contributed by atoms with Crippen LogP contribution in [-0.4, -0.2) is 82.8 Å². The highest BCUT2D eigenvalue weighted by atomic mass is 16.8. The molecule has 2 saturated carbocycles. The Morgan fingerprint density at radius 3 is 2.57 bits per heavy atom. The number of carbonyl (C=O) groups excluding carboxylic acids is 1. The molecule has 3 fully saturated rings. The number of rotatable bonds is 22. The summed E-state index contributed by atoms with van der Waals surface area (Å²) in [5, 5.41) is 25.0. The first kappa shape index (κ1) is 45.3. The largest absolute Gasteiger partial charge is 0.487 e. The molecule has 61 heavy (non-hydrogen) atoms. The molecule has 0 bridgehead atoms. The monoisotopic (exact) mass is 842 g/mol. The summed E-state index contributed by atoms with van der Waals surface area (Å²) in [6, 6.07) is 11.6. The van der Waals surface area contributed by atoms with E-state index in [1.165, 1.54) is 25.7 Å². The van der Waals surface area contributed by atoms with Gasteiger partial charge in [0.25, 0.3) is 0 Å². The van der Waals surface area contributed by atoms with Crippen molar-refractivity contribution >= 4 is 11.6 Å². The van der Waals surface area contributed by atoms with Gasteiger partial charge in [0.1, 0.15) is 24.1 Å². The summed E-state index contributed by atoms with van der Waals surface area (Å²) in [7, 11) is 0. The molecule has 2 aliphatic heterocycles. The molecule has 2 N–H and O–H groups in total. The first-order chi connectivity index (χ1) is 29.9. The van der Waals surface area contributed by atoms with Crippen molar-refractivity contribution in [1.82, 2.24) is 9.88 Å². The van der Waals surface area contributed by atoms with Gasteiger partial charge in [-0.1, -0.05) is 68.8 Å². The summed E-state index contributed by atoms with van der Waals surface area (Å²) in [6.07, 6.45) is 18.8. The Balaban J connectivity index is 1.38. The number of aromatic nitrogens is 1. The molecule has 3 aliphatic carbocycles. The van der Waals surface area contributed by atoms with E-state index in [9.17, 15) is 15.0 Å². The third kappa shape index (κ3) is 10.7. The number of amides is 1. The van der Waals surface area contributed by atoms with Gasteiger partial charge in [-0.15, -0.1) is 6.58 Å². The standard InChI is InChI=1S/C50H71N3O8/c1-4-26-53(46(56)25-22-36-16-6-7-17-36)45-33-43(52-61-47-21-10-13-30-57-47)41-31-37(18-8-11-27-54)40(20-9-12-28-55)48-42-32-39(58-34-38-19-14-15-35(3)51-38)23-24-44(42)60-50(45,49(41)48)59-29-5-2/h5,14-15,19,23-24,31-32,36-37,40,45,47-49,54-55H,2,4,6-13,16-18,20-22,25-30,33-34H2,1,3H3/t37-,40+,45-,47?,48+,49+,50+/m0/s1. The Morgan fingerprint density at radius 2 is 1.84 bits per heavy atom. The summed E-state index contributed by atoms with van der Waals surface area (Å²) in [5.74, 6) is 0.666. The number of allylic oxidation sites excluding steroid dienone is 1. The maximum Gasteiger partial charge on any atom is 0.239 e. The van der Waals surface area contributed by atoms with Crippen LogP contribution in [0.3, 0.4) is 0 Å². The van der Waals surface area contributed by atoms with Gasteiger partial charge < -0.3 is 38.9 Å². The van der Waals surface area contributed by atoms with Gasteiger partial charge in [-0.2, -0.15) is 0 Å². The van der Waals surface area contributed by atoms with Crippen molar-refractivity contribution in [3.05, 3.63) is 77.7 Å². The second kappa shape index (κ2) is 22.0. The zero-order valence-corrected chi connectivity index (χ0v) is 36.8. The predicted octanol–water partition coefficient (Wildman–Crippen LogP) is 9.34.